The van der Waals surface area contributed by atoms with Crippen LogP contribution in [0.1, 0.15) is 5.69 Å². The Hall–Kier alpha value is -1.95. The molecule has 0 bridgehead atoms. The Morgan fingerprint density at radius 3 is 3.00 bits per heavy atom. The molecule has 0 saturated heterocycles. The van der Waals surface area contributed by atoms with Gasteiger partial charge in [0.1, 0.15) is 4.60 Å². The standard InChI is InChI=1S/C13H11BrN4O/c14-11-9-18-7-6-16-12(18)13(17-11)19-8-4-10-3-1-2-5-15-10/h1-3,5-7,9H,4,8H2. The third-order valence-corrected chi connectivity index (χ3v) is 3.02. The molecule has 3 aromatic rings. The van der Waals surface area contributed by atoms with E-state index in [-0.39, 0.29) is 0 Å². The van der Waals surface area contributed by atoms with Gasteiger partial charge in [0, 0.05) is 36.9 Å². The molecule has 5 nitrogen and oxygen atoms in total. The van der Waals surface area contributed by atoms with Gasteiger partial charge < -0.3 is 4.74 Å². The molecule has 0 amide bonds. The van der Waals surface area contributed by atoms with E-state index >= 15 is 0 Å². The third kappa shape index (κ3) is 2.73. The number of rotatable bonds is 4. The zero-order chi connectivity index (χ0) is 13.1. The number of halogens is 1. The molecule has 0 fully saturated rings. The molecule has 0 saturated carbocycles. The Morgan fingerprint density at radius 1 is 1.21 bits per heavy atom. The Bertz CT molecular complexity index is 683. The molecule has 3 heterocycles. The number of pyridine rings is 1. The first-order valence-electron chi connectivity index (χ1n) is 5.85. The molecule has 0 unspecified atom stereocenters. The highest BCUT2D eigenvalue weighted by molar-refractivity contribution is 9.10. The van der Waals surface area contributed by atoms with Crippen LogP contribution in [0.2, 0.25) is 0 Å². The third-order valence-electron chi connectivity index (χ3n) is 2.64. The van der Waals surface area contributed by atoms with Crippen molar-refractivity contribution in [2.75, 3.05) is 6.61 Å². The SMILES string of the molecule is Brc1cn2ccnc2c(OCCc2ccccn2)n1. The van der Waals surface area contributed by atoms with Crippen molar-refractivity contribution in [3.63, 3.8) is 0 Å². The number of imidazole rings is 1. The average molecular weight is 319 g/mol. The molecular formula is C13H11BrN4O. The van der Waals surface area contributed by atoms with Crippen LogP contribution in [-0.2, 0) is 6.42 Å². The van der Waals surface area contributed by atoms with E-state index in [2.05, 4.69) is 30.9 Å². The normalized spacial score (nSPS) is 10.8. The molecular weight excluding hydrogens is 308 g/mol. The average Bonchev–Trinajstić information content (AvgIpc) is 2.88. The molecule has 0 aliphatic heterocycles. The Morgan fingerprint density at radius 2 is 2.16 bits per heavy atom. The van der Waals surface area contributed by atoms with Crippen molar-refractivity contribution in [1.29, 1.82) is 0 Å². The zero-order valence-electron chi connectivity index (χ0n) is 10.0. The van der Waals surface area contributed by atoms with Gasteiger partial charge in [-0.15, -0.1) is 0 Å². The minimum atomic E-state index is 0.517. The number of hydrogen-bond acceptors (Lipinski definition) is 4. The second kappa shape index (κ2) is 5.36. The Kier molecular flexibility index (Phi) is 3.41. The van der Waals surface area contributed by atoms with Gasteiger partial charge >= 0.3 is 0 Å². The fraction of sp³-hybridized carbons (Fsp3) is 0.154. The molecule has 0 N–H and O–H groups in total. The highest BCUT2D eigenvalue weighted by Gasteiger charge is 2.07. The molecule has 96 valence electrons. The molecule has 0 aromatic carbocycles. The molecule has 19 heavy (non-hydrogen) atoms. The van der Waals surface area contributed by atoms with Crippen LogP contribution in [0.4, 0.5) is 0 Å². The maximum atomic E-state index is 5.70. The monoisotopic (exact) mass is 318 g/mol. The fourth-order valence-corrected chi connectivity index (χ4v) is 2.15. The zero-order valence-corrected chi connectivity index (χ0v) is 11.6. The van der Waals surface area contributed by atoms with Crippen LogP contribution in [0.25, 0.3) is 5.65 Å². The van der Waals surface area contributed by atoms with Gasteiger partial charge in [0.05, 0.1) is 6.61 Å². The van der Waals surface area contributed by atoms with E-state index < -0.39 is 0 Å². The van der Waals surface area contributed by atoms with Crippen molar-refractivity contribution in [3.05, 3.63) is 53.3 Å². The molecule has 0 aliphatic carbocycles. The Balaban J connectivity index is 1.73. The van der Waals surface area contributed by atoms with Crippen LogP contribution in [0.3, 0.4) is 0 Å². The number of hydrogen-bond donors (Lipinski definition) is 0. The summed E-state index contributed by atoms with van der Waals surface area (Å²) in [6, 6.07) is 5.84. The molecule has 6 heteroatoms. The van der Waals surface area contributed by atoms with Crippen molar-refractivity contribution in [3.8, 4) is 5.88 Å². The summed E-state index contributed by atoms with van der Waals surface area (Å²) in [6.07, 6.45) is 7.93. The molecule has 0 radical (unpaired) electrons. The quantitative estimate of drug-likeness (QED) is 0.741. The number of ether oxygens (including phenoxy) is 1. The van der Waals surface area contributed by atoms with Crippen molar-refractivity contribution in [2.45, 2.75) is 6.42 Å². The molecule has 0 atom stereocenters. The summed E-state index contributed by atoms with van der Waals surface area (Å²) >= 11 is 3.35. The predicted octanol–water partition coefficient (Wildman–Crippen LogP) is 2.51. The summed E-state index contributed by atoms with van der Waals surface area (Å²) in [5.74, 6) is 0.523. The van der Waals surface area contributed by atoms with Gasteiger partial charge in [-0.1, -0.05) is 6.07 Å². The van der Waals surface area contributed by atoms with Crippen molar-refractivity contribution < 1.29 is 4.74 Å². The van der Waals surface area contributed by atoms with Crippen LogP contribution in [0.15, 0.2) is 47.6 Å². The lowest BCUT2D eigenvalue weighted by Gasteiger charge is -2.06. The van der Waals surface area contributed by atoms with Crippen LogP contribution in [-0.4, -0.2) is 26.0 Å². The van der Waals surface area contributed by atoms with Gasteiger partial charge in [-0.3, -0.25) is 9.38 Å². The topological polar surface area (TPSA) is 52.3 Å². The van der Waals surface area contributed by atoms with Crippen LogP contribution in [0, 0.1) is 0 Å². The second-order valence-corrected chi connectivity index (χ2v) is 4.76. The van der Waals surface area contributed by atoms with Gasteiger partial charge in [0.15, 0.2) is 0 Å². The highest BCUT2D eigenvalue weighted by atomic mass is 79.9. The molecule has 3 rings (SSSR count). The first kappa shape index (κ1) is 12.1. The summed E-state index contributed by atoms with van der Waals surface area (Å²) in [7, 11) is 0. The Labute approximate surface area is 118 Å². The van der Waals surface area contributed by atoms with E-state index in [1.807, 2.05) is 35.0 Å². The summed E-state index contributed by atoms with van der Waals surface area (Å²) in [4.78, 5) is 12.8. The largest absolute Gasteiger partial charge is 0.475 e. The first-order chi connectivity index (χ1) is 9.33. The number of nitrogens with zero attached hydrogens (tertiary/aromatic N) is 4. The highest BCUT2D eigenvalue weighted by Crippen LogP contribution is 2.19. The molecule has 3 aromatic heterocycles. The minimum Gasteiger partial charge on any atom is -0.475 e. The molecule has 0 aliphatic rings. The maximum absolute atomic E-state index is 5.70. The summed E-state index contributed by atoms with van der Waals surface area (Å²) in [5, 5.41) is 0. The summed E-state index contributed by atoms with van der Waals surface area (Å²) in [6.45, 7) is 0.517. The van der Waals surface area contributed by atoms with Crippen molar-refractivity contribution >= 4 is 21.6 Å². The van der Waals surface area contributed by atoms with Crippen LogP contribution >= 0.6 is 15.9 Å². The van der Waals surface area contributed by atoms with Gasteiger partial charge in [0.25, 0.3) is 5.88 Å². The predicted molar refractivity (Wildman–Crippen MR) is 74.1 cm³/mol. The number of fused-ring (bicyclic) bond motifs is 1. The lowest BCUT2D eigenvalue weighted by molar-refractivity contribution is 0.309. The van der Waals surface area contributed by atoms with Crippen molar-refractivity contribution in [2.24, 2.45) is 0 Å². The smallest absolute Gasteiger partial charge is 0.259 e. The van der Waals surface area contributed by atoms with Gasteiger partial charge in [-0.2, -0.15) is 0 Å². The lowest BCUT2D eigenvalue weighted by atomic mass is 10.3. The van der Waals surface area contributed by atoms with E-state index in [0.717, 1.165) is 12.1 Å². The van der Waals surface area contributed by atoms with E-state index in [4.69, 9.17) is 4.74 Å². The maximum Gasteiger partial charge on any atom is 0.259 e. The lowest BCUT2D eigenvalue weighted by Crippen LogP contribution is -2.05. The van der Waals surface area contributed by atoms with E-state index in [0.29, 0.717) is 22.7 Å². The molecule has 0 spiro atoms. The van der Waals surface area contributed by atoms with Crippen LogP contribution < -0.4 is 4.74 Å². The van der Waals surface area contributed by atoms with Crippen molar-refractivity contribution in [1.82, 2.24) is 19.4 Å². The van der Waals surface area contributed by atoms with Gasteiger partial charge in [-0.25, -0.2) is 9.97 Å². The second-order valence-electron chi connectivity index (χ2n) is 3.95. The summed E-state index contributed by atoms with van der Waals surface area (Å²) in [5.41, 5.74) is 1.71. The summed E-state index contributed by atoms with van der Waals surface area (Å²) < 4.78 is 8.28. The van der Waals surface area contributed by atoms with E-state index in [1.165, 1.54) is 0 Å². The van der Waals surface area contributed by atoms with E-state index in [9.17, 15) is 0 Å². The minimum absolute atomic E-state index is 0.517. The van der Waals surface area contributed by atoms with Gasteiger partial charge in [-0.05, 0) is 28.1 Å². The first-order valence-corrected chi connectivity index (χ1v) is 6.64. The van der Waals surface area contributed by atoms with E-state index in [1.54, 1.807) is 12.4 Å². The number of aromatic nitrogens is 4. The fourth-order valence-electron chi connectivity index (χ4n) is 1.77. The van der Waals surface area contributed by atoms with Crippen LogP contribution in [0.5, 0.6) is 5.88 Å². The van der Waals surface area contributed by atoms with Gasteiger partial charge in [0.2, 0.25) is 5.65 Å².